The lowest BCUT2D eigenvalue weighted by Gasteiger charge is -2.34. The van der Waals surface area contributed by atoms with E-state index in [2.05, 4.69) is 4.90 Å². The van der Waals surface area contributed by atoms with Crippen molar-refractivity contribution in [3.05, 3.63) is 17.7 Å². The van der Waals surface area contributed by atoms with Gasteiger partial charge in [0.15, 0.2) is 11.5 Å². The van der Waals surface area contributed by atoms with Crippen LogP contribution in [0.5, 0.6) is 17.2 Å². The predicted molar refractivity (Wildman–Crippen MR) is 88.7 cm³/mol. The van der Waals surface area contributed by atoms with Crippen molar-refractivity contribution in [3.63, 3.8) is 0 Å². The molecular formula is C16H23ClN2O4. The van der Waals surface area contributed by atoms with Gasteiger partial charge in [0.25, 0.3) is 0 Å². The van der Waals surface area contributed by atoms with E-state index in [4.69, 9.17) is 25.8 Å². The fourth-order valence-corrected chi connectivity index (χ4v) is 2.90. The van der Waals surface area contributed by atoms with E-state index >= 15 is 0 Å². The zero-order chi connectivity index (χ0) is 16.8. The highest BCUT2D eigenvalue weighted by Gasteiger charge is 2.22. The fraction of sp³-hybridized carbons (Fsp3) is 0.562. The van der Waals surface area contributed by atoms with Crippen molar-refractivity contribution in [1.29, 1.82) is 0 Å². The largest absolute Gasteiger partial charge is 0.497 e. The molecule has 0 saturated carbocycles. The van der Waals surface area contributed by atoms with E-state index in [0.717, 1.165) is 24.4 Å². The molecule has 1 amide bonds. The smallest absolute Gasteiger partial charge is 0.237 e. The van der Waals surface area contributed by atoms with Crippen molar-refractivity contribution in [2.45, 2.75) is 6.54 Å². The first kappa shape index (κ1) is 17.7. The van der Waals surface area contributed by atoms with E-state index in [0.29, 0.717) is 31.1 Å². The average Bonchev–Trinajstić information content (AvgIpc) is 2.60. The monoisotopic (exact) mass is 342 g/mol. The summed E-state index contributed by atoms with van der Waals surface area (Å²) < 4.78 is 16.2. The number of hydrogen-bond donors (Lipinski definition) is 0. The van der Waals surface area contributed by atoms with Crippen LogP contribution in [0.15, 0.2) is 12.1 Å². The minimum Gasteiger partial charge on any atom is -0.497 e. The zero-order valence-corrected chi connectivity index (χ0v) is 14.6. The Morgan fingerprint density at radius 3 is 2.30 bits per heavy atom. The van der Waals surface area contributed by atoms with Gasteiger partial charge in [-0.1, -0.05) is 0 Å². The van der Waals surface area contributed by atoms with Crippen LogP contribution in [0.2, 0.25) is 0 Å². The van der Waals surface area contributed by atoms with Crippen molar-refractivity contribution in [3.8, 4) is 17.2 Å². The number of halogens is 1. The first-order valence-corrected chi connectivity index (χ1v) is 8.01. The van der Waals surface area contributed by atoms with Gasteiger partial charge in [-0.3, -0.25) is 9.69 Å². The number of methoxy groups -OCH3 is 3. The van der Waals surface area contributed by atoms with Crippen molar-refractivity contribution < 1.29 is 19.0 Å². The maximum absolute atomic E-state index is 11.6. The normalized spacial score (nSPS) is 15.4. The molecule has 0 spiro atoms. The molecule has 1 saturated heterocycles. The van der Waals surface area contributed by atoms with Gasteiger partial charge in [-0.2, -0.15) is 0 Å². The number of benzene rings is 1. The Morgan fingerprint density at radius 1 is 1.09 bits per heavy atom. The first-order chi connectivity index (χ1) is 11.1. The van der Waals surface area contributed by atoms with Crippen LogP contribution < -0.4 is 14.2 Å². The highest BCUT2D eigenvalue weighted by molar-refractivity contribution is 6.27. The summed E-state index contributed by atoms with van der Waals surface area (Å²) in [6.45, 7) is 3.68. The molecule has 6 nitrogen and oxygen atoms in total. The quantitative estimate of drug-likeness (QED) is 0.735. The molecule has 1 aromatic carbocycles. The number of carbonyl (C=O) groups is 1. The maximum Gasteiger partial charge on any atom is 0.237 e. The maximum atomic E-state index is 11.6. The Hall–Kier alpha value is -1.66. The van der Waals surface area contributed by atoms with Crippen LogP contribution in [0.25, 0.3) is 0 Å². The van der Waals surface area contributed by atoms with Crippen molar-refractivity contribution in [2.24, 2.45) is 0 Å². The number of piperazine rings is 1. The minimum absolute atomic E-state index is 0.00746. The van der Waals surface area contributed by atoms with Crippen LogP contribution in [0.3, 0.4) is 0 Å². The van der Waals surface area contributed by atoms with E-state index < -0.39 is 0 Å². The number of alkyl halides is 1. The predicted octanol–water partition coefficient (Wildman–Crippen LogP) is 1.60. The lowest BCUT2D eigenvalue weighted by Crippen LogP contribution is -2.48. The van der Waals surface area contributed by atoms with E-state index in [1.165, 1.54) is 0 Å². The second-order valence-corrected chi connectivity index (χ2v) is 5.58. The Kier molecular flexibility index (Phi) is 6.36. The molecule has 0 bridgehead atoms. The molecule has 128 valence electrons. The van der Waals surface area contributed by atoms with Gasteiger partial charge in [0.2, 0.25) is 5.91 Å². The number of amides is 1. The van der Waals surface area contributed by atoms with Gasteiger partial charge < -0.3 is 19.1 Å². The van der Waals surface area contributed by atoms with Crippen LogP contribution in [-0.4, -0.2) is 69.1 Å². The molecule has 7 heteroatoms. The lowest BCUT2D eigenvalue weighted by molar-refractivity contribution is -0.130. The summed E-state index contributed by atoms with van der Waals surface area (Å²) in [6, 6.07) is 3.76. The summed E-state index contributed by atoms with van der Waals surface area (Å²) in [7, 11) is 4.87. The molecule has 23 heavy (non-hydrogen) atoms. The second-order valence-electron chi connectivity index (χ2n) is 5.31. The third kappa shape index (κ3) is 4.20. The topological polar surface area (TPSA) is 51.2 Å². The molecule has 1 heterocycles. The van der Waals surface area contributed by atoms with Gasteiger partial charge in [-0.15, -0.1) is 11.6 Å². The minimum atomic E-state index is -0.00746. The molecule has 0 radical (unpaired) electrons. The Labute approximate surface area is 141 Å². The summed E-state index contributed by atoms with van der Waals surface area (Å²) in [5.41, 5.74) is 1.00. The third-order valence-electron chi connectivity index (χ3n) is 4.00. The van der Waals surface area contributed by atoms with Crippen LogP contribution in [-0.2, 0) is 11.3 Å². The standard InChI is InChI=1S/C16H23ClN2O4/c1-21-13-8-12(16(23-3)14(9-13)22-2)11-18-4-6-19(7-5-18)15(20)10-17/h8-9H,4-7,10-11H2,1-3H3. The molecule has 2 rings (SSSR count). The highest BCUT2D eigenvalue weighted by atomic mass is 35.5. The summed E-state index contributed by atoms with van der Waals surface area (Å²) >= 11 is 5.61. The van der Waals surface area contributed by atoms with Gasteiger partial charge in [0.05, 0.1) is 21.3 Å². The second kappa shape index (κ2) is 8.26. The first-order valence-electron chi connectivity index (χ1n) is 7.48. The number of nitrogens with zero attached hydrogens (tertiary/aromatic N) is 2. The summed E-state index contributed by atoms with van der Waals surface area (Å²) in [5, 5.41) is 0. The Bertz CT molecular complexity index is 545. The van der Waals surface area contributed by atoms with E-state index in [-0.39, 0.29) is 11.8 Å². The van der Waals surface area contributed by atoms with Gasteiger partial charge >= 0.3 is 0 Å². The molecule has 0 aliphatic carbocycles. The molecule has 1 aromatic rings. The Morgan fingerprint density at radius 2 is 1.78 bits per heavy atom. The molecule has 1 aliphatic rings. The van der Waals surface area contributed by atoms with Crippen LogP contribution in [0, 0.1) is 0 Å². The molecule has 1 fully saturated rings. The van der Waals surface area contributed by atoms with Gasteiger partial charge in [-0.05, 0) is 6.07 Å². The molecule has 1 aliphatic heterocycles. The van der Waals surface area contributed by atoms with Gasteiger partial charge in [0, 0.05) is 44.4 Å². The van der Waals surface area contributed by atoms with Crippen LogP contribution >= 0.6 is 11.6 Å². The van der Waals surface area contributed by atoms with Crippen molar-refractivity contribution in [1.82, 2.24) is 9.80 Å². The lowest BCUT2D eigenvalue weighted by atomic mass is 10.1. The average molecular weight is 343 g/mol. The molecule has 0 unspecified atom stereocenters. The van der Waals surface area contributed by atoms with Crippen molar-refractivity contribution >= 4 is 17.5 Å². The van der Waals surface area contributed by atoms with Crippen molar-refractivity contribution in [2.75, 3.05) is 53.4 Å². The number of hydrogen-bond acceptors (Lipinski definition) is 5. The van der Waals surface area contributed by atoms with E-state index in [1.54, 1.807) is 32.3 Å². The Balaban J connectivity index is 2.10. The van der Waals surface area contributed by atoms with E-state index in [1.807, 2.05) is 6.07 Å². The highest BCUT2D eigenvalue weighted by Crippen LogP contribution is 2.36. The molecule has 0 N–H and O–H groups in total. The van der Waals surface area contributed by atoms with Crippen LogP contribution in [0.1, 0.15) is 5.56 Å². The number of rotatable bonds is 6. The summed E-state index contributed by atoms with van der Waals surface area (Å²) in [5.74, 6) is 2.13. The molecule has 0 aromatic heterocycles. The fourth-order valence-electron chi connectivity index (χ4n) is 2.73. The SMILES string of the molecule is COc1cc(CN2CCN(C(=O)CCl)CC2)c(OC)c(OC)c1. The zero-order valence-electron chi connectivity index (χ0n) is 13.8. The van der Waals surface area contributed by atoms with Gasteiger partial charge in [0.1, 0.15) is 11.6 Å². The summed E-state index contributed by atoms with van der Waals surface area (Å²) in [4.78, 5) is 15.7. The van der Waals surface area contributed by atoms with Crippen LogP contribution in [0.4, 0.5) is 0 Å². The van der Waals surface area contributed by atoms with E-state index in [9.17, 15) is 4.79 Å². The number of ether oxygens (including phenoxy) is 3. The number of carbonyl (C=O) groups excluding carboxylic acids is 1. The molecular weight excluding hydrogens is 320 g/mol. The summed E-state index contributed by atoms with van der Waals surface area (Å²) in [6.07, 6.45) is 0. The van der Waals surface area contributed by atoms with Gasteiger partial charge in [-0.25, -0.2) is 0 Å². The third-order valence-corrected chi connectivity index (χ3v) is 4.23. The molecule has 0 atom stereocenters.